The van der Waals surface area contributed by atoms with Gasteiger partial charge in [0.05, 0.1) is 11.2 Å². The highest BCUT2D eigenvalue weighted by atomic mass is 15.4. The van der Waals surface area contributed by atoms with Crippen LogP contribution in [-0.4, -0.2) is 39.0 Å². The molecule has 0 saturated carbocycles. The molecule has 3 rings (SSSR count). The standard InChI is InChI=1S/C16H23N5/c1-13-9-17-16(2,14-7-5-4-6-8-14)12-21(13)11-15-10-20(3)19-18-15/h4-8,10,13,17H,9,11-12H2,1-3H3. The van der Waals surface area contributed by atoms with E-state index in [2.05, 4.69) is 64.7 Å². The number of piperazine rings is 1. The van der Waals surface area contributed by atoms with Gasteiger partial charge in [-0.15, -0.1) is 5.10 Å². The minimum Gasteiger partial charge on any atom is -0.305 e. The number of hydrogen-bond acceptors (Lipinski definition) is 4. The molecule has 2 heterocycles. The van der Waals surface area contributed by atoms with Crippen molar-refractivity contribution in [2.45, 2.75) is 32.0 Å². The zero-order valence-electron chi connectivity index (χ0n) is 13.0. The van der Waals surface area contributed by atoms with Crippen molar-refractivity contribution in [3.8, 4) is 0 Å². The second-order valence-electron chi connectivity index (χ2n) is 6.22. The summed E-state index contributed by atoms with van der Waals surface area (Å²) in [6.45, 7) is 7.32. The van der Waals surface area contributed by atoms with E-state index in [9.17, 15) is 0 Å². The minimum absolute atomic E-state index is 0.0179. The zero-order valence-corrected chi connectivity index (χ0v) is 13.0. The van der Waals surface area contributed by atoms with E-state index in [1.807, 2.05) is 13.2 Å². The number of benzene rings is 1. The molecule has 1 saturated heterocycles. The predicted octanol–water partition coefficient (Wildman–Crippen LogP) is 1.52. The minimum atomic E-state index is -0.0179. The summed E-state index contributed by atoms with van der Waals surface area (Å²) in [6.07, 6.45) is 1.99. The van der Waals surface area contributed by atoms with Crippen LogP contribution in [0.4, 0.5) is 0 Å². The number of nitrogens with one attached hydrogen (secondary N) is 1. The molecule has 0 bridgehead atoms. The Morgan fingerprint density at radius 2 is 2.10 bits per heavy atom. The van der Waals surface area contributed by atoms with Crippen LogP contribution >= 0.6 is 0 Å². The van der Waals surface area contributed by atoms with Gasteiger partial charge < -0.3 is 5.32 Å². The Hall–Kier alpha value is -1.72. The lowest BCUT2D eigenvalue weighted by atomic mass is 9.88. The normalized spacial score (nSPS) is 26.9. The molecule has 0 radical (unpaired) electrons. The third-order valence-corrected chi connectivity index (χ3v) is 4.36. The maximum atomic E-state index is 4.22. The first-order valence-corrected chi connectivity index (χ1v) is 7.47. The summed E-state index contributed by atoms with van der Waals surface area (Å²) in [6, 6.07) is 11.2. The van der Waals surface area contributed by atoms with Crippen LogP contribution in [0.2, 0.25) is 0 Å². The fourth-order valence-corrected chi connectivity index (χ4v) is 3.01. The number of aromatic nitrogens is 3. The van der Waals surface area contributed by atoms with Crippen molar-refractivity contribution >= 4 is 0 Å². The van der Waals surface area contributed by atoms with Crippen LogP contribution in [0.3, 0.4) is 0 Å². The fourth-order valence-electron chi connectivity index (χ4n) is 3.01. The van der Waals surface area contributed by atoms with E-state index < -0.39 is 0 Å². The van der Waals surface area contributed by atoms with Crippen molar-refractivity contribution in [3.63, 3.8) is 0 Å². The highest BCUT2D eigenvalue weighted by molar-refractivity contribution is 5.25. The van der Waals surface area contributed by atoms with E-state index in [0.29, 0.717) is 6.04 Å². The summed E-state index contributed by atoms with van der Waals surface area (Å²) in [4.78, 5) is 2.48. The molecule has 1 N–H and O–H groups in total. The summed E-state index contributed by atoms with van der Waals surface area (Å²) in [5.74, 6) is 0. The summed E-state index contributed by atoms with van der Waals surface area (Å²) < 4.78 is 1.76. The molecule has 1 aliphatic rings. The molecule has 21 heavy (non-hydrogen) atoms. The zero-order chi connectivity index (χ0) is 14.9. The average molecular weight is 285 g/mol. The molecule has 112 valence electrons. The molecule has 2 unspecified atom stereocenters. The topological polar surface area (TPSA) is 46.0 Å². The molecule has 1 aromatic heterocycles. The number of rotatable bonds is 3. The van der Waals surface area contributed by atoms with E-state index >= 15 is 0 Å². The van der Waals surface area contributed by atoms with Crippen molar-refractivity contribution in [3.05, 3.63) is 47.8 Å². The molecular weight excluding hydrogens is 262 g/mol. The molecule has 5 heteroatoms. The van der Waals surface area contributed by atoms with E-state index in [1.165, 1.54) is 5.56 Å². The van der Waals surface area contributed by atoms with Gasteiger partial charge in [0, 0.05) is 38.9 Å². The quantitative estimate of drug-likeness (QED) is 0.929. The van der Waals surface area contributed by atoms with E-state index in [4.69, 9.17) is 0 Å². The van der Waals surface area contributed by atoms with Crippen LogP contribution in [-0.2, 0) is 19.1 Å². The first kappa shape index (κ1) is 14.2. The van der Waals surface area contributed by atoms with Crippen LogP contribution < -0.4 is 5.32 Å². The molecular formula is C16H23N5. The summed E-state index contributed by atoms with van der Waals surface area (Å²) in [5.41, 5.74) is 2.35. The fraction of sp³-hybridized carbons (Fsp3) is 0.500. The van der Waals surface area contributed by atoms with Gasteiger partial charge in [0.1, 0.15) is 0 Å². The molecule has 5 nitrogen and oxygen atoms in total. The number of aryl methyl sites for hydroxylation is 1. The van der Waals surface area contributed by atoms with Gasteiger partial charge in [-0.2, -0.15) is 0 Å². The van der Waals surface area contributed by atoms with Crippen molar-refractivity contribution in [2.24, 2.45) is 7.05 Å². The number of hydrogen-bond donors (Lipinski definition) is 1. The highest BCUT2D eigenvalue weighted by Gasteiger charge is 2.35. The van der Waals surface area contributed by atoms with Gasteiger partial charge in [0.25, 0.3) is 0 Å². The predicted molar refractivity (Wildman–Crippen MR) is 82.7 cm³/mol. The molecule has 0 amide bonds. The Morgan fingerprint density at radius 3 is 2.76 bits per heavy atom. The molecule has 0 aliphatic carbocycles. The third-order valence-electron chi connectivity index (χ3n) is 4.36. The molecule has 2 aromatic rings. The largest absolute Gasteiger partial charge is 0.305 e. The Bertz CT molecular complexity index is 594. The Balaban J connectivity index is 1.78. The Morgan fingerprint density at radius 1 is 1.33 bits per heavy atom. The monoisotopic (exact) mass is 285 g/mol. The van der Waals surface area contributed by atoms with Crippen molar-refractivity contribution in [1.82, 2.24) is 25.2 Å². The van der Waals surface area contributed by atoms with Crippen LogP contribution in [0.1, 0.15) is 25.1 Å². The summed E-state index contributed by atoms with van der Waals surface area (Å²) in [7, 11) is 1.91. The lowest BCUT2D eigenvalue weighted by molar-refractivity contribution is 0.0866. The van der Waals surface area contributed by atoms with Gasteiger partial charge in [-0.25, -0.2) is 0 Å². The van der Waals surface area contributed by atoms with Crippen molar-refractivity contribution < 1.29 is 0 Å². The van der Waals surface area contributed by atoms with Crippen molar-refractivity contribution in [1.29, 1.82) is 0 Å². The van der Waals surface area contributed by atoms with Gasteiger partial charge in [-0.3, -0.25) is 9.58 Å². The third kappa shape index (κ3) is 2.99. The van der Waals surface area contributed by atoms with Crippen LogP contribution in [0.15, 0.2) is 36.5 Å². The van der Waals surface area contributed by atoms with Crippen LogP contribution in [0.25, 0.3) is 0 Å². The summed E-state index contributed by atoms with van der Waals surface area (Å²) in [5, 5.41) is 11.9. The van der Waals surface area contributed by atoms with Gasteiger partial charge in [0.2, 0.25) is 0 Å². The van der Waals surface area contributed by atoms with Crippen molar-refractivity contribution in [2.75, 3.05) is 13.1 Å². The first-order chi connectivity index (χ1) is 10.1. The molecule has 1 fully saturated rings. The van der Waals surface area contributed by atoms with E-state index in [1.54, 1.807) is 4.68 Å². The molecule has 1 aliphatic heterocycles. The van der Waals surface area contributed by atoms with Gasteiger partial charge in [-0.05, 0) is 19.4 Å². The molecule has 2 atom stereocenters. The smallest absolute Gasteiger partial charge is 0.0967 e. The first-order valence-electron chi connectivity index (χ1n) is 7.47. The second kappa shape index (κ2) is 5.58. The van der Waals surface area contributed by atoms with Crippen LogP contribution in [0.5, 0.6) is 0 Å². The number of nitrogens with zero attached hydrogens (tertiary/aromatic N) is 4. The van der Waals surface area contributed by atoms with E-state index in [-0.39, 0.29) is 5.54 Å². The van der Waals surface area contributed by atoms with Gasteiger partial charge >= 0.3 is 0 Å². The Kier molecular flexibility index (Phi) is 3.78. The summed E-state index contributed by atoms with van der Waals surface area (Å²) >= 11 is 0. The van der Waals surface area contributed by atoms with Gasteiger partial charge in [-0.1, -0.05) is 35.5 Å². The molecule has 1 aromatic carbocycles. The second-order valence-corrected chi connectivity index (χ2v) is 6.22. The SMILES string of the molecule is CC1CNC(C)(c2ccccc2)CN1Cc1cn(C)nn1. The van der Waals surface area contributed by atoms with E-state index in [0.717, 1.165) is 25.3 Å². The highest BCUT2D eigenvalue weighted by Crippen LogP contribution is 2.27. The van der Waals surface area contributed by atoms with Crippen LogP contribution in [0, 0.1) is 0 Å². The van der Waals surface area contributed by atoms with Gasteiger partial charge in [0.15, 0.2) is 0 Å². The maximum absolute atomic E-state index is 4.22. The molecule has 0 spiro atoms. The Labute approximate surface area is 126 Å². The lowest BCUT2D eigenvalue weighted by Gasteiger charge is -2.45. The average Bonchev–Trinajstić information content (AvgIpc) is 2.89. The maximum Gasteiger partial charge on any atom is 0.0967 e. The lowest BCUT2D eigenvalue weighted by Crippen LogP contribution is -2.59.